The number of halogens is 1. The molecule has 0 saturated heterocycles. The highest BCUT2D eigenvalue weighted by Crippen LogP contribution is 2.14. The lowest BCUT2D eigenvalue weighted by Gasteiger charge is -2.07. The second kappa shape index (κ2) is 5.68. The standard InChI is InChI=1S/C13H13BrN2O/c1-17-12-5-2-10(3-6-12)8-15-11-4-7-13(14)16-9-11/h2-7,9,15H,8H2,1H3. The molecule has 1 heterocycles. The number of pyridine rings is 1. The maximum Gasteiger partial charge on any atom is 0.118 e. The lowest BCUT2D eigenvalue weighted by molar-refractivity contribution is 0.414. The molecule has 1 N–H and O–H groups in total. The second-order valence-corrected chi connectivity index (χ2v) is 4.38. The van der Waals surface area contributed by atoms with E-state index in [9.17, 15) is 0 Å². The molecular formula is C13H13BrN2O. The molecule has 0 aliphatic rings. The summed E-state index contributed by atoms with van der Waals surface area (Å²) in [7, 11) is 1.67. The van der Waals surface area contributed by atoms with Gasteiger partial charge in [-0.05, 0) is 45.8 Å². The van der Waals surface area contributed by atoms with Crippen molar-refractivity contribution < 1.29 is 4.74 Å². The Hall–Kier alpha value is -1.55. The Morgan fingerprint density at radius 2 is 1.94 bits per heavy atom. The van der Waals surface area contributed by atoms with E-state index in [2.05, 4.69) is 26.2 Å². The van der Waals surface area contributed by atoms with Crippen molar-refractivity contribution in [1.29, 1.82) is 0 Å². The van der Waals surface area contributed by atoms with Gasteiger partial charge in [-0.3, -0.25) is 0 Å². The smallest absolute Gasteiger partial charge is 0.118 e. The maximum absolute atomic E-state index is 5.11. The van der Waals surface area contributed by atoms with Crippen LogP contribution in [-0.4, -0.2) is 12.1 Å². The maximum atomic E-state index is 5.11. The van der Waals surface area contributed by atoms with Gasteiger partial charge in [0.2, 0.25) is 0 Å². The van der Waals surface area contributed by atoms with Gasteiger partial charge >= 0.3 is 0 Å². The zero-order chi connectivity index (χ0) is 12.1. The molecule has 0 radical (unpaired) electrons. The van der Waals surface area contributed by atoms with Crippen LogP contribution >= 0.6 is 15.9 Å². The van der Waals surface area contributed by atoms with E-state index in [0.717, 1.165) is 22.6 Å². The van der Waals surface area contributed by atoms with Crippen molar-refractivity contribution in [3.05, 3.63) is 52.8 Å². The van der Waals surface area contributed by atoms with Gasteiger partial charge in [-0.25, -0.2) is 4.98 Å². The number of nitrogens with one attached hydrogen (secondary N) is 1. The molecule has 1 aromatic heterocycles. The average Bonchev–Trinajstić information content (AvgIpc) is 2.39. The number of anilines is 1. The Morgan fingerprint density at radius 3 is 2.53 bits per heavy atom. The predicted molar refractivity (Wildman–Crippen MR) is 72.3 cm³/mol. The van der Waals surface area contributed by atoms with Crippen LogP contribution in [0.15, 0.2) is 47.2 Å². The molecule has 3 nitrogen and oxygen atoms in total. The van der Waals surface area contributed by atoms with E-state index in [1.807, 2.05) is 36.4 Å². The summed E-state index contributed by atoms with van der Waals surface area (Å²) in [6.07, 6.45) is 1.80. The third-order valence-corrected chi connectivity index (χ3v) is 2.85. The molecule has 0 fully saturated rings. The number of methoxy groups -OCH3 is 1. The molecule has 0 saturated carbocycles. The lowest BCUT2D eigenvalue weighted by Crippen LogP contribution is -1.99. The summed E-state index contributed by atoms with van der Waals surface area (Å²) in [4.78, 5) is 4.15. The Morgan fingerprint density at radius 1 is 1.18 bits per heavy atom. The summed E-state index contributed by atoms with van der Waals surface area (Å²) in [5.41, 5.74) is 2.21. The van der Waals surface area contributed by atoms with Gasteiger partial charge in [-0.2, -0.15) is 0 Å². The van der Waals surface area contributed by atoms with E-state index in [4.69, 9.17) is 4.74 Å². The molecule has 0 amide bonds. The van der Waals surface area contributed by atoms with Crippen LogP contribution in [0.3, 0.4) is 0 Å². The van der Waals surface area contributed by atoms with Crippen molar-refractivity contribution in [2.75, 3.05) is 12.4 Å². The highest BCUT2D eigenvalue weighted by atomic mass is 79.9. The monoisotopic (exact) mass is 292 g/mol. The van der Waals surface area contributed by atoms with Crippen LogP contribution < -0.4 is 10.1 Å². The average molecular weight is 293 g/mol. The summed E-state index contributed by atoms with van der Waals surface area (Å²) in [6, 6.07) is 11.9. The fourth-order valence-electron chi connectivity index (χ4n) is 1.43. The van der Waals surface area contributed by atoms with Crippen LogP contribution in [0.25, 0.3) is 0 Å². The number of rotatable bonds is 4. The first-order valence-corrected chi connectivity index (χ1v) is 6.05. The highest BCUT2D eigenvalue weighted by molar-refractivity contribution is 9.10. The van der Waals surface area contributed by atoms with Gasteiger partial charge in [0.15, 0.2) is 0 Å². The number of hydrogen-bond acceptors (Lipinski definition) is 3. The molecule has 88 valence electrons. The molecule has 0 spiro atoms. The van der Waals surface area contributed by atoms with Crippen molar-refractivity contribution in [1.82, 2.24) is 4.98 Å². The highest BCUT2D eigenvalue weighted by Gasteiger charge is 1.96. The zero-order valence-corrected chi connectivity index (χ0v) is 11.1. The van der Waals surface area contributed by atoms with E-state index >= 15 is 0 Å². The molecule has 0 aliphatic heterocycles. The molecule has 0 aliphatic carbocycles. The van der Waals surface area contributed by atoms with Crippen molar-refractivity contribution in [3.8, 4) is 5.75 Å². The largest absolute Gasteiger partial charge is 0.497 e. The molecule has 0 bridgehead atoms. The van der Waals surface area contributed by atoms with Crippen LogP contribution in [0.2, 0.25) is 0 Å². The van der Waals surface area contributed by atoms with Crippen LogP contribution in [-0.2, 0) is 6.54 Å². The number of hydrogen-bond donors (Lipinski definition) is 1. The van der Waals surface area contributed by atoms with E-state index < -0.39 is 0 Å². The number of aromatic nitrogens is 1. The van der Waals surface area contributed by atoms with Gasteiger partial charge in [0.05, 0.1) is 19.0 Å². The Balaban J connectivity index is 1.95. The Bertz CT molecular complexity index is 468. The first-order valence-electron chi connectivity index (χ1n) is 5.26. The van der Waals surface area contributed by atoms with Crippen LogP contribution in [0.5, 0.6) is 5.75 Å². The van der Waals surface area contributed by atoms with Crippen LogP contribution in [0.4, 0.5) is 5.69 Å². The summed E-state index contributed by atoms with van der Waals surface area (Å²) in [6.45, 7) is 0.771. The van der Waals surface area contributed by atoms with Crippen molar-refractivity contribution >= 4 is 21.6 Å². The number of ether oxygens (including phenoxy) is 1. The fourth-order valence-corrected chi connectivity index (χ4v) is 1.66. The molecule has 1 aromatic carbocycles. The summed E-state index contributed by atoms with van der Waals surface area (Å²) >= 11 is 3.30. The molecule has 2 rings (SSSR count). The second-order valence-electron chi connectivity index (χ2n) is 3.57. The number of benzene rings is 1. The third kappa shape index (κ3) is 3.46. The molecular weight excluding hydrogens is 280 g/mol. The van der Waals surface area contributed by atoms with E-state index in [0.29, 0.717) is 0 Å². The van der Waals surface area contributed by atoms with Gasteiger partial charge < -0.3 is 10.1 Å². The third-order valence-electron chi connectivity index (χ3n) is 2.38. The lowest BCUT2D eigenvalue weighted by atomic mass is 10.2. The van der Waals surface area contributed by atoms with Gasteiger partial charge in [-0.15, -0.1) is 0 Å². The van der Waals surface area contributed by atoms with Crippen LogP contribution in [0.1, 0.15) is 5.56 Å². The molecule has 0 atom stereocenters. The first kappa shape index (κ1) is 11.9. The predicted octanol–water partition coefficient (Wildman–Crippen LogP) is 3.46. The Kier molecular flexibility index (Phi) is 3.98. The fraction of sp³-hybridized carbons (Fsp3) is 0.154. The van der Waals surface area contributed by atoms with Gasteiger partial charge in [0.1, 0.15) is 10.4 Å². The van der Waals surface area contributed by atoms with Gasteiger partial charge in [0.25, 0.3) is 0 Å². The summed E-state index contributed by atoms with van der Waals surface area (Å²) in [5, 5.41) is 3.30. The summed E-state index contributed by atoms with van der Waals surface area (Å²) < 4.78 is 5.95. The normalized spacial score (nSPS) is 10.0. The van der Waals surface area contributed by atoms with Gasteiger partial charge in [-0.1, -0.05) is 12.1 Å². The minimum absolute atomic E-state index is 0.771. The molecule has 0 unspecified atom stereocenters. The minimum atomic E-state index is 0.771. The van der Waals surface area contributed by atoms with Crippen molar-refractivity contribution in [3.63, 3.8) is 0 Å². The summed E-state index contributed by atoms with van der Waals surface area (Å²) in [5.74, 6) is 0.874. The van der Waals surface area contributed by atoms with E-state index in [-0.39, 0.29) is 0 Å². The quantitative estimate of drug-likeness (QED) is 0.877. The zero-order valence-electron chi connectivity index (χ0n) is 9.48. The first-order chi connectivity index (χ1) is 8.28. The SMILES string of the molecule is COc1ccc(CNc2ccc(Br)nc2)cc1. The number of nitrogens with zero attached hydrogens (tertiary/aromatic N) is 1. The van der Waals surface area contributed by atoms with E-state index in [1.165, 1.54) is 5.56 Å². The van der Waals surface area contributed by atoms with E-state index in [1.54, 1.807) is 13.3 Å². The van der Waals surface area contributed by atoms with Crippen molar-refractivity contribution in [2.45, 2.75) is 6.54 Å². The minimum Gasteiger partial charge on any atom is -0.497 e. The molecule has 4 heteroatoms. The van der Waals surface area contributed by atoms with Crippen molar-refractivity contribution in [2.24, 2.45) is 0 Å². The van der Waals surface area contributed by atoms with Gasteiger partial charge in [0, 0.05) is 6.54 Å². The molecule has 2 aromatic rings. The van der Waals surface area contributed by atoms with Crippen LogP contribution in [0, 0.1) is 0 Å². The molecule has 17 heavy (non-hydrogen) atoms. The topological polar surface area (TPSA) is 34.1 Å². The Labute approximate surface area is 109 Å².